The Kier molecular flexibility index (Phi) is 4.30. The fourth-order valence-corrected chi connectivity index (χ4v) is 4.43. The highest BCUT2D eigenvalue weighted by atomic mass is 16.2. The van der Waals surface area contributed by atoms with E-state index >= 15 is 0 Å². The van der Waals surface area contributed by atoms with Crippen molar-refractivity contribution in [1.82, 2.24) is 10.6 Å². The van der Waals surface area contributed by atoms with Gasteiger partial charge in [0.05, 0.1) is 0 Å². The molecule has 3 fully saturated rings. The summed E-state index contributed by atoms with van der Waals surface area (Å²) < 4.78 is 0. The van der Waals surface area contributed by atoms with Gasteiger partial charge in [-0.3, -0.25) is 9.59 Å². The van der Waals surface area contributed by atoms with Gasteiger partial charge in [-0.25, -0.2) is 0 Å². The molecule has 1 aromatic rings. The van der Waals surface area contributed by atoms with Gasteiger partial charge in [0.15, 0.2) is 0 Å². The van der Waals surface area contributed by atoms with Crippen LogP contribution in [-0.4, -0.2) is 23.9 Å². The van der Waals surface area contributed by atoms with Crippen LogP contribution in [0.1, 0.15) is 44.1 Å². The molecule has 4 atom stereocenters. The van der Waals surface area contributed by atoms with Crippen LogP contribution < -0.4 is 10.6 Å². The van der Waals surface area contributed by atoms with Crippen LogP contribution in [0.3, 0.4) is 0 Å². The number of carbonyl (C=O) groups is 2. The number of fused-ring (bicyclic) bond motifs is 2. The molecule has 0 heterocycles. The molecule has 24 heavy (non-hydrogen) atoms. The lowest BCUT2D eigenvalue weighted by Crippen LogP contribution is -2.50. The van der Waals surface area contributed by atoms with Crippen LogP contribution in [0.2, 0.25) is 0 Å². The number of amides is 2. The van der Waals surface area contributed by atoms with Gasteiger partial charge in [0.2, 0.25) is 11.8 Å². The highest BCUT2D eigenvalue weighted by Crippen LogP contribution is 2.48. The van der Waals surface area contributed by atoms with E-state index in [0.717, 1.165) is 30.7 Å². The third-order valence-electron chi connectivity index (χ3n) is 5.91. The van der Waals surface area contributed by atoms with Crippen molar-refractivity contribution in [3.05, 3.63) is 35.9 Å². The molecule has 4 rings (SSSR count). The van der Waals surface area contributed by atoms with Gasteiger partial charge in [-0.1, -0.05) is 36.8 Å². The summed E-state index contributed by atoms with van der Waals surface area (Å²) >= 11 is 0. The third-order valence-corrected chi connectivity index (χ3v) is 5.91. The summed E-state index contributed by atoms with van der Waals surface area (Å²) in [6.07, 6.45) is 7.36. The molecule has 3 aliphatic rings. The monoisotopic (exact) mass is 326 g/mol. The maximum Gasteiger partial charge on any atom is 0.243 e. The molecule has 0 unspecified atom stereocenters. The van der Waals surface area contributed by atoms with Crippen molar-refractivity contribution in [2.45, 2.75) is 57.0 Å². The summed E-state index contributed by atoms with van der Waals surface area (Å²) in [5.41, 5.74) is 1.08. The second-order valence-electron chi connectivity index (χ2n) is 7.82. The third kappa shape index (κ3) is 3.47. The molecule has 2 amide bonds. The van der Waals surface area contributed by atoms with Gasteiger partial charge in [-0.05, 0) is 49.5 Å². The minimum atomic E-state index is -0.459. The first-order valence-electron chi connectivity index (χ1n) is 9.33. The predicted octanol–water partition coefficient (Wildman–Crippen LogP) is 2.43. The topological polar surface area (TPSA) is 58.2 Å². The fraction of sp³-hybridized carbons (Fsp3) is 0.600. The minimum absolute atomic E-state index is 0.0298. The van der Waals surface area contributed by atoms with Crippen molar-refractivity contribution in [2.75, 3.05) is 0 Å². The summed E-state index contributed by atoms with van der Waals surface area (Å²) in [4.78, 5) is 25.3. The van der Waals surface area contributed by atoms with E-state index in [4.69, 9.17) is 0 Å². The van der Waals surface area contributed by atoms with Crippen molar-refractivity contribution in [2.24, 2.45) is 17.8 Å². The van der Waals surface area contributed by atoms with Gasteiger partial charge in [0, 0.05) is 18.4 Å². The molecule has 2 N–H and O–H groups in total. The van der Waals surface area contributed by atoms with Crippen LogP contribution >= 0.6 is 0 Å². The van der Waals surface area contributed by atoms with Crippen molar-refractivity contribution in [3.8, 4) is 0 Å². The molecular formula is C20H26N2O2. The van der Waals surface area contributed by atoms with Gasteiger partial charge in [-0.2, -0.15) is 0 Å². The molecule has 3 saturated carbocycles. The lowest BCUT2D eigenvalue weighted by Gasteiger charge is -2.25. The van der Waals surface area contributed by atoms with E-state index in [0.29, 0.717) is 18.4 Å². The number of benzene rings is 1. The number of hydrogen-bond donors (Lipinski definition) is 2. The molecular weight excluding hydrogens is 300 g/mol. The predicted molar refractivity (Wildman–Crippen MR) is 92.2 cm³/mol. The second kappa shape index (κ2) is 6.58. The molecule has 0 saturated heterocycles. The smallest absolute Gasteiger partial charge is 0.243 e. The fourth-order valence-electron chi connectivity index (χ4n) is 4.43. The first kappa shape index (κ1) is 15.7. The van der Waals surface area contributed by atoms with E-state index in [9.17, 15) is 9.59 Å². The molecule has 0 spiro atoms. The minimum Gasteiger partial charge on any atom is -0.352 e. The summed E-state index contributed by atoms with van der Waals surface area (Å²) in [7, 11) is 0. The number of carbonyl (C=O) groups excluding carboxylic acids is 2. The standard InChI is InChI=1S/C20H26N2O2/c23-19(17-11-14-6-7-15(17)10-14)22-18(20(24)21-16-8-9-16)12-13-4-2-1-3-5-13/h1-5,14-18H,6-12H2,(H,21,24)(H,22,23)/t14-,15-,17-,18-/m0/s1. The first-order chi connectivity index (χ1) is 11.7. The summed E-state index contributed by atoms with van der Waals surface area (Å²) in [5, 5.41) is 6.12. The largest absolute Gasteiger partial charge is 0.352 e. The lowest BCUT2D eigenvalue weighted by atomic mass is 9.88. The summed E-state index contributed by atoms with van der Waals surface area (Å²) in [5.74, 6) is 1.46. The van der Waals surface area contributed by atoms with E-state index in [-0.39, 0.29) is 17.7 Å². The maximum absolute atomic E-state index is 12.8. The summed E-state index contributed by atoms with van der Waals surface area (Å²) in [6, 6.07) is 9.81. The average Bonchev–Trinajstić information content (AvgIpc) is 3.15. The maximum atomic E-state index is 12.8. The van der Waals surface area contributed by atoms with Crippen LogP contribution in [0.4, 0.5) is 0 Å². The van der Waals surface area contributed by atoms with Gasteiger partial charge < -0.3 is 10.6 Å². The number of rotatable bonds is 6. The average molecular weight is 326 g/mol. The molecule has 0 aromatic heterocycles. The van der Waals surface area contributed by atoms with Gasteiger partial charge in [-0.15, -0.1) is 0 Å². The van der Waals surface area contributed by atoms with E-state index < -0.39 is 6.04 Å². The van der Waals surface area contributed by atoms with Crippen LogP contribution in [0, 0.1) is 17.8 Å². The van der Waals surface area contributed by atoms with Crippen molar-refractivity contribution < 1.29 is 9.59 Å². The Bertz CT molecular complexity index is 611. The number of hydrogen-bond acceptors (Lipinski definition) is 2. The van der Waals surface area contributed by atoms with E-state index in [1.807, 2.05) is 30.3 Å². The van der Waals surface area contributed by atoms with E-state index in [1.165, 1.54) is 19.3 Å². The number of nitrogens with one attached hydrogen (secondary N) is 2. The second-order valence-corrected chi connectivity index (χ2v) is 7.82. The van der Waals surface area contributed by atoms with E-state index in [1.54, 1.807) is 0 Å². The van der Waals surface area contributed by atoms with Crippen molar-refractivity contribution >= 4 is 11.8 Å². The van der Waals surface area contributed by atoms with Crippen LogP contribution in [0.25, 0.3) is 0 Å². The molecule has 128 valence electrons. The Labute approximate surface area is 143 Å². The molecule has 0 aliphatic heterocycles. The highest BCUT2D eigenvalue weighted by Gasteiger charge is 2.43. The van der Waals surface area contributed by atoms with Gasteiger partial charge >= 0.3 is 0 Å². The van der Waals surface area contributed by atoms with Gasteiger partial charge in [0.1, 0.15) is 6.04 Å². The Morgan fingerprint density at radius 3 is 2.46 bits per heavy atom. The SMILES string of the molecule is O=C(NC1CC1)[C@H](Cc1ccccc1)NC(=O)[C@H]1C[C@H]2CC[C@H]1C2. The molecule has 1 aromatic carbocycles. The molecule has 2 bridgehead atoms. The Balaban J connectivity index is 1.42. The summed E-state index contributed by atoms with van der Waals surface area (Å²) in [6.45, 7) is 0. The zero-order chi connectivity index (χ0) is 16.5. The first-order valence-corrected chi connectivity index (χ1v) is 9.33. The van der Waals surface area contributed by atoms with Crippen molar-refractivity contribution in [3.63, 3.8) is 0 Å². The van der Waals surface area contributed by atoms with Crippen LogP contribution in [0.15, 0.2) is 30.3 Å². The Hall–Kier alpha value is -1.84. The normalized spacial score (nSPS) is 29.2. The molecule has 3 aliphatic carbocycles. The Morgan fingerprint density at radius 1 is 1.04 bits per heavy atom. The lowest BCUT2D eigenvalue weighted by molar-refractivity contribution is -0.132. The van der Waals surface area contributed by atoms with Crippen LogP contribution in [0.5, 0.6) is 0 Å². The molecule has 4 heteroatoms. The highest BCUT2D eigenvalue weighted by molar-refractivity contribution is 5.89. The molecule has 4 nitrogen and oxygen atoms in total. The van der Waals surface area contributed by atoms with Gasteiger partial charge in [0.25, 0.3) is 0 Å². The Morgan fingerprint density at radius 2 is 1.83 bits per heavy atom. The quantitative estimate of drug-likeness (QED) is 0.843. The van der Waals surface area contributed by atoms with E-state index in [2.05, 4.69) is 10.6 Å². The van der Waals surface area contributed by atoms with Crippen molar-refractivity contribution in [1.29, 1.82) is 0 Å². The molecule has 0 radical (unpaired) electrons. The zero-order valence-corrected chi connectivity index (χ0v) is 14.0. The van der Waals surface area contributed by atoms with Crippen LogP contribution in [-0.2, 0) is 16.0 Å². The zero-order valence-electron chi connectivity index (χ0n) is 14.0.